The largest absolute Gasteiger partial charge is 0.493 e. The standard InChI is InChI=1S/C11H16BrNO3/c1-6-8(12)4-7(9(13)5-14)11(16-3)10(6)15-2/h4,9,14H,5,13H2,1-3H3. The molecule has 0 aliphatic heterocycles. The van der Waals surface area contributed by atoms with Crippen LogP contribution in [-0.2, 0) is 0 Å². The number of hydrogen-bond acceptors (Lipinski definition) is 4. The van der Waals surface area contributed by atoms with Crippen molar-refractivity contribution in [3.05, 3.63) is 21.7 Å². The van der Waals surface area contributed by atoms with E-state index in [1.807, 2.05) is 13.0 Å². The number of rotatable bonds is 4. The van der Waals surface area contributed by atoms with E-state index in [4.69, 9.17) is 20.3 Å². The maximum absolute atomic E-state index is 9.10. The highest BCUT2D eigenvalue weighted by Gasteiger charge is 2.19. The van der Waals surface area contributed by atoms with E-state index in [-0.39, 0.29) is 6.61 Å². The van der Waals surface area contributed by atoms with Crippen LogP contribution in [0.4, 0.5) is 0 Å². The van der Waals surface area contributed by atoms with E-state index in [0.717, 1.165) is 15.6 Å². The molecule has 4 nitrogen and oxygen atoms in total. The number of aliphatic hydroxyl groups is 1. The van der Waals surface area contributed by atoms with E-state index >= 15 is 0 Å². The summed E-state index contributed by atoms with van der Waals surface area (Å²) in [6, 6.07) is 1.36. The van der Waals surface area contributed by atoms with Crippen molar-refractivity contribution in [1.29, 1.82) is 0 Å². The first-order valence-electron chi connectivity index (χ1n) is 4.84. The Kier molecular flexibility index (Phi) is 4.58. The summed E-state index contributed by atoms with van der Waals surface area (Å²) in [7, 11) is 3.13. The molecule has 0 bridgehead atoms. The highest BCUT2D eigenvalue weighted by atomic mass is 79.9. The van der Waals surface area contributed by atoms with Crippen molar-refractivity contribution < 1.29 is 14.6 Å². The SMILES string of the molecule is COc1c(C(N)CO)cc(Br)c(C)c1OC. The highest BCUT2D eigenvalue weighted by molar-refractivity contribution is 9.10. The van der Waals surface area contributed by atoms with Crippen LogP contribution in [0.3, 0.4) is 0 Å². The third-order valence-electron chi connectivity index (χ3n) is 2.45. The van der Waals surface area contributed by atoms with Gasteiger partial charge in [-0.1, -0.05) is 15.9 Å². The average molecular weight is 290 g/mol. The van der Waals surface area contributed by atoms with Crippen LogP contribution in [0.15, 0.2) is 10.5 Å². The van der Waals surface area contributed by atoms with Crippen LogP contribution in [0.1, 0.15) is 17.2 Å². The van der Waals surface area contributed by atoms with Gasteiger partial charge in [-0.3, -0.25) is 0 Å². The number of methoxy groups -OCH3 is 2. The van der Waals surface area contributed by atoms with Crippen LogP contribution in [-0.4, -0.2) is 25.9 Å². The summed E-state index contributed by atoms with van der Waals surface area (Å²) in [6.07, 6.45) is 0. The molecule has 0 saturated heterocycles. The predicted octanol–water partition coefficient (Wildman–Crippen LogP) is 1.77. The van der Waals surface area contributed by atoms with Crippen LogP contribution in [0.5, 0.6) is 11.5 Å². The van der Waals surface area contributed by atoms with Gasteiger partial charge in [-0.2, -0.15) is 0 Å². The zero-order chi connectivity index (χ0) is 12.3. The fraction of sp³-hybridized carbons (Fsp3) is 0.455. The van der Waals surface area contributed by atoms with Crippen molar-refractivity contribution in [2.75, 3.05) is 20.8 Å². The number of nitrogens with two attached hydrogens (primary N) is 1. The molecule has 0 aromatic heterocycles. The van der Waals surface area contributed by atoms with Gasteiger partial charge in [0, 0.05) is 15.6 Å². The average Bonchev–Trinajstić information content (AvgIpc) is 2.30. The Hall–Kier alpha value is -0.780. The van der Waals surface area contributed by atoms with Gasteiger partial charge in [0.25, 0.3) is 0 Å². The molecule has 1 aromatic carbocycles. The molecule has 0 aliphatic rings. The molecule has 0 amide bonds. The first-order valence-corrected chi connectivity index (χ1v) is 5.63. The second-order valence-corrected chi connectivity index (χ2v) is 4.28. The normalized spacial score (nSPS) is 12.4. The van der Waals surface area contributed by atoms with Crippen molar-refractivity contribution >= 4 is 15.9 Å². The van der Waals surface area contributed by atoms with Gasteiger partial charge in [0.05, 0.1) is 26.9 Å². The molecule has 5 heteroatoms. The smallest absolute Gasteiger partial charge is 0.165 e. The molecular weight excluding hydrogens is 274 g/mol. The summed E-state index contributed by atoms with van der Waals surface area (Å²) in [5.74, 6) is 1.21. The second kappa shape index (κ2) is 5.52. The number of ether oxygens (including phenoxy) is 2. The molecule has 1 unspecified atom stereocenters. The van der Waals surface area contributed by atoms with E-state index in [9.17, 15) is 0 Å². The molecule has 1 aromatic rings. The summed E-state index contributed by atoms with van der Waals surface area (Å²) in [5, 5.41) is 9.10. The monoisotopic (exact) mass is 289 g/mol. The van der Waals surface area contributed by atoms with E-state index in [1.165, 1.54) is 0 Å². The first-order chi connectivity index (χ1) is 7.56. The van der Waals surface area contributed by atoms with Gasteiger partial charge in [0.15, 0.2) is 11.5 Å². The van der Waals surface area contributed by atoms with Crippen molar-refractivity contribution in [2.24, 2.45) is 5.73 Å². The predicted molar refractivity (Wildman–Crippen MR) is 66.0 cm³/mol. The molecule has 1 atom stereocenters. The quantitative estimate of drug-likeness (QED) is 0.887. The van der Waals surface area contributed by atoms with Gasteiger partial charge in [-0.05, 0) is 13.0 Å². The Balaban J connectivity index is 3.43. The number of hydrogen-bond donors (Lipinski definition) is 2. The van der Waals surface area contributed by atoms with Gasteiger partial charge in [0.2, 0.25) is 0 Å². The minimum atomic E-state index is -0.485. The number of benzene rings is 1. The lowest BCUT2D eigenvalue weighted by Crippen LogP contribution is -2.16. The maximum atomic E-state index is 9.10. The van der Waals surface area contributed by atoms with Crippen molar-refractivity contribution in [3.8, 4) is 11.5 Å². The number of aliphatic hydroxyl groups excluding tert-OH is 1. The Morgan fingerprint density at radius 3 is 2.38 bits per heavy atom. The highest BCUT2D eigenvalue weighted by Crippen LogP contribution is 2.40. The third-order valence-corrected chi connectivity index (χ3v) is 3.28. The molecule has 0 heterocycles. The van der Waals surface area contributed by atoms with Gasteiger partial charge in [-0.15, -0.1) is 0 Å². The first kappa shape index (κ1) is 13.3. The Labute approximate surface area is 103 Å². The van der Waals surface area contributed by atoms with Crippen LogP contribution < -0.4 is 15.2 Å². The van der Waals surface area contributed by atoms with Crippen LogP contribution in [0.25, 0.3) is 0 Å². The maximum Gasteiger partial charge on any atom is 0.165 e. The summed E-state index contributed by atoms with van der Waals surface area (Å²) < 4.78 is 11.5. The summed E-state index contributed by atoms with van der Waals surface area (Å²) in [6.45, 7) is 1.77. The molecule has 3 N–H and O–H groups in total. The Bertz CT molecular complexity index is 382. The molecular formula is C11H16BrNO3. The lowest BCUT2D eigenvalue weighted by atomic mass is 10.0. The molecule has 1 rings (SSSR count). The molecule has 90 valence electrons. The zero-order valence-corrected chi connectivity index (χ0v) is 11.2. The van der Waals surface area contributed by atoms with Crippen molar-refractivity contribution in [2.45, 2.75) is 13.0 Å². The minimum Gasteiger partial charge on any atom is -0.493 e. The molecule has 0 radical (unpaired) electrons. The van der Waals surface area contributed by atoms with Gasteiger partial charge >= 0.3 is 0 Å². The zero-order valence-electron chi connectivity index (χ0n) is 9.58. The van der Waals surface area contributed by atoms with Crippen molar-refractivity contribution in [3.63, 3.8) is 0 Å². The second-order valence-electron chi connectivity index (χ2n) is 3.43. The van der Waals surface area contributed by atoms with Crippen LogP contribution in [0.2, 0.25) is 0 Å². The minimum absolute atomic E-state index is 0.144. The number of halogens is 1. The lowest BCUT2D eigenvalue weighted by Gasteiger charge is -2.19. The van der Waals surface area contributed by atoms with Crippen molar-refractivity contribution in [1.82, 2.24) is 0 Å². The molecule has 0 saturated carbocycles. The molecule has 0 fully saturated rings. The van der Waals surface area contributed by atoms with E-state index in [2.05, 4.69) is 15.9 Å². The summed E-state index contributed by atoms with van der Waals surface area (Å²) in [4.78, 5) is 0. The molecule has 16 heavy (non-hydrogen) atoms. The van der Waals surface area contributed by atoms with Crippen LogP contribution in [0, 0.1) is 6.92 Å². The van der Waals surface area contributed by atoms with E-state index in [1.54, 1.807) is 14.2 Å². The lowest BCUT2D eigenvalue weighted by molar-refractivity contribution is 0.263. The van der Waals surface area contributed by atoms with Gasteiger partial charge < -0.3 is 20.3 Å². The fourth-order valence-electron chi connectivity index (χ4n) is 1.55. The molecule has 0 aliphatic carbocycles. The van der Waals surface area contributed by atoms with Crippen LogP contribution >= 0.6 is 15.9 Å². The molecule has 0 spiro atoms. The third kappa shape index (κ3) is 2.31. The van der Waals surface area contributed by atoms with Gasteiger partial charge in [0.1, 0.15) is 0 Å². The van der Waals surface area contributed by atoms with E-state index < -0.39 is 6.04 Å². The van der Waals surface area contributed by atoms with E-state index in [0.29, 0.717) is 11.5 Å². The summed E-state index contributed by atoms with van der Waals surface area (Å²) in [5.41, 5.74) is 7.47. The Morgan fingerprint density at radius 1 is 1.38 bits per heavy atom. The fourth-order valence-corrected chi connectivity index (χ4v) is 1.98. The summed E-state index contributed by atoms with van der Waals surface area (Å²) >= 11 is 3.43. The Morgan fingerprint density at radius 2 is 1.94 bits per heavy atom. The topological polar surface area (TPSA) is 64.7 Å². The van der Waals surface area contributed by atoms with Gasteiger partial charge in [-0.25, -0.2) is 0 Å².